The molecule has 0 radical (unpaired) electrons. The number of rotatable bonds is 1. The smallest absolute Gasteiger partial charge is 0.0992 e. The van der Waals surface area contributed by atoms with Crippen molar-refractivity contribution in [3.8, 4) is 6.07 Å². The summed E-state index contributed by atoms with van der Waals surface area (Å²) in [5.74, 6) is 0.741. The molecule has 0 spiro atoms. The molecular weight excluding hydrogens is 246 g/mol. The van der Waals surface area contributed by atoms with Crippen LogP contribution in [0.4, 0.5) is 5.69 Å². The number of nitrogens with one attached hydrogen (secondary N) is 1. The fourth-order valence-corrected chi connectivity index (χ4v) is 3.38. The maximum absolute atomic E-state index is 8.85. The average molecular weight is 262 g/mol. The monoisotopic (exact) mass is 261 g/mol. The SMILES string of the molecule is N#Cc1ccc(N2CC3CCCNC3C2)c(Cl)c1. The van der Waals surface area contributed by atoms with Gasteiger partial charge in [-0.05, 0) is 43.5 Å². The molecule has 1 aromatic rings. The van der Waals surface area contributed by atoms with Crippen molar-refractivity contribution in [1.82, 2.24) is 5.32 Å². The molecule has 2 unspecified atom stereocenters. The van der Waals surface area contributed by atoms with E-state index in [-0.39, 0.29) is 0 Å². The van der Waals surface area contributed by atoms with Gasteiger partial charge >= 0.3 is 0 Å². The van der Waals surface area contributed by atoms with E-state index < -0.39 is 0 Å². The van der Waals surface area contributed by atoms with Crippen molar-refractivity contribution in [2.75, 3.05) is 24.5 Å². The van der Waals surface area contributed by atoms with Crippen molar-refractivity contribution in [2.24, 2.45) is 5.92 Å². The Morgan fingerprint density at radius 1 is 1.39 bits per heavy atom. The predicted octanol–water partition coefficient (Wildman–Crippen LogP) is 2.40. The summed E-state index contributed by atoms with van der Waals surface area (Å²) >= 11 is 6.27. The molecule has 0 amide bonds. The minimum absolute atomic E-state index is 0.602. The van der Waals surface area contributed by atoms with Crippen molar-refractivity contribution in [2.45, 2.75) is 18.9 Å². The van der Waals surface area contributed by atoms with Crippen molar-refractivity contribution in [3.63, 3.8) is 0 Å². The minimum atomic E-state index is 0.602. The van der Waals surface area contributed by atoms with Gasteiger partial charge in [-0.25, -0.2) is 0 Å². The Bertz CT molecular complexity index is 480. The number of hydrogen-bond acceptors (Lipinski definition) is 3. The van der Waals surface area contributed by atoms with Crippen LogP contribution in [0, 0.1) is 17.2 Å². The van der Waals surface area contributed by atoms with E-state index in [9.17, 15) is 0 Å². The Hall–Kier alpha value is -1.24. The lowest BCUT2D eigenvalue weighted by molar-refractivity contribution is 0.340. The zero-order valence-corrected chi connectivity index (χ0v) is 11.0. The lowest BCUT2D eigenvalue weighted by atomic mass is 9.94. The van der Waals surface area contributed by atoms with Crippen molar-refractivity contribution >= 4 is 17.3 Å². The van der Waals surface area contributed by atoms with Gasteiger partial charge in [-0.3, -0.25) is 0 Å². The number of nitriles is 1. The molecule has 1 aromatic carbocycles. The summed E-state index contributed by atoms with van der Waals surface area (Å²) in [4.78, 5) is 2.34. The predicted molar refractivity (Wildman–Crippen MR) is 72.9 cm³/mol. The summed E-state index contributed by atoms with van der Waals surface area (Å²) in [5, 5.41) is 13.1. The molecule has 4 heteroatoms. The number of hydrogen-bond donors (Lipinski definition) is 1. The number of nitrogens with zero attached hydrogens (tertiary/aromatic N) is 2. The lowest BCUT2D eigenvalue weighted by Crippen LogP contribution is -2.40. The summed E-state index contributed by atoms with van der Waals surface area (Å²) in [5.41, 5.74) is 1.69. The van der Waals surface area contributed by atoms with Crippen LogP contribution in [0.5, 0.6) is 0 Å². The van der Waals surface area contributed by atoms with E-state index in [2.05, 4.69) is 16.3 Å². The summed E-state index contributed by atoms with van der Waals surface area (Å²) in [6, 6.07) is 8.29. The van der Waals surface area contributed by atoms with Gasteiger partial charge in [-0.2, -0.15) is 5.26 Å². The van der Waals surface area contributed by atoms with E-state index in [4.69, 9.17) is 16.9 Å². The van der Waals surface area contributed by atoms with Crippen LogP contribution in [-0.4, -0.2) is 25.7 Å². The number of piperidine rings is 1. The third-order valence-corrected chi connectivity index (χ3v) is 4.32. The highest BCUT2D eigenvalue weighted by atomic mass is 35.5. The molecule has 3 nitrogen and oxygen atoms in total. The number of fused-ring (bicyclic) bond motifs is 1. The normalized spacial score (nSPS) is 26.8. The van der Waals surface area contributed by atoms with Gasteiger partial charge in [0.1, 0.15) is 0 Å². The van der Waals surface area contributed by atoms with Crippen LogP contribution in [0.2, 0.25) is 5.02 Å². The summed E-state index contributed by atoms with van der Waals surface area (Å²) in [6.07, 6.45) is 2.58. The van der Waals surface area contributed by atoms with Crippen molar-refractivity contribution in [1.29, 1.82) is 5.26 Å². The molecule has 2 saturated heterocycles. The summed E-state index contributed by atoms with van der Waals surface area (Å²) in [7, 11) is 0. The van der Waals surface area contributed by atoms with Gasteiger partial charge in [-0.1, -0.05) is 11.6 Å². The van der Waals surface area contributed by atoms with Gasteiger partial charge in [-0.15, -0.1) is 0 Å². The van der Waals surface area contributed by atoms with Gasteiger partial charge in [0.05, 0.1) is 22.3 Å². The molecule has 1 N–H and O–H groups in total. The van der Waals surface area contributed by atoms with Crippen molar-refractivity contribution < 1.29 is 0 Å². The second-order valence-corrected chi connectivity index (χ2v) is 5.55. The molecule has 2 atom stereocenters. The van der Waals surface area contributed by atoms with Gasteiger partial charge in [0, 0.05) is 19.1 Å². The highest BCUT2D eigenvalue weighted by molar-refractivity contribution is 6.33. The van der Waals surface area contributed by atoms with Crippen LogP contribution >= 0.6 is 11.6 Å². The molecule has 18 heavy (non-hydrogen) atoms. The summed E-state index contributed by atoms with van der Waals surface area (Å²) in [6.45, 7) is 3.23. The second kappa shape index (κ2) is 4.79. The summed E-state index contributed by atoms with van der Waals surface area (Å²) < 4.78 is 0. The molecule has 0 saturated carbocycles. The third-order valence-electron chi connectivity index (χ3n) is 4.02. The molecule has 0 bridgehead atoms. The molecule has 2 aliphatic rings. The minimum Gasteiger partial charge on any atom is -0.368 e. The van der Waals surface area contributed by atoms with E-state index in [1.807, 2.05) is 12.1 Å². The number of benzene rings is 1. The fourth-order valence-electron chi connectivity index (χ4n) is 3.08. The maximum atomic E-state index is 8.85. The Balaban J connectivity index is 1.82. The first kappa shape index (κ1) is 11.8. The van der Waals surface area contributed by atoms with E-state index in [1.165, 1.54) is 12.8 Å². The number of anilines is 1. The first-order chi connectivity index (χ1) is 8.78. The molecular formula is C14H16ClN3. The van der Waals surface area contributed by atoms with E-state index in [0.29, 0.717) is 16.6 Å². The first-order valence-corrected chi connectivity index (χ1v) is 6.83. The van der Waals surface area contributed by atoms with Crippen LogP contribution in [0.1, 0.15) is 18.4 Å². The molecule has 2 fully saturated rings. The quantitative estimate of drug-likeness (QED) is 0.844. The standard InChI is InChI=1S/C14H16ClN3/c15-12-6-10(7-16)3-4-14(12)18-8-11-2-1-5-17-13(11)9-18/h3-4,6,11,13,17H,1-2,5,8-9H2. The Kier molecular flexibility index (Phi) is 3.15. The van der Waals surface area contributed by atoms with E-state index in [1.54, 1.807) is 6.07 Å². The van der Waals surface area contributed by atoms with Gasteiger partial charge in [0.15, 0.2) is 0 Å². The molecule has 0 aliphatic carbocycles. The molecule has 3 rings (SSSR count). The number of halogens is 1. The zero-order chi connectivity index (χ0) is 12.5. The lowest BCUT2D eigenvalue weighted by Gasteiger charge is -2.24. The van der Waals surface area contributed by atoms with E-state index >= 15 is 0 Å². The maximum Gasteiger partial charge on any atom is 0.0992 e. The molecule has 2 heterocycles. The largest absolute Gasteiger partial charge is 0.368 e. The van der Waals surface area contributed by atoms with Crippen LogP contribution < -0.4 is 10.2 Å². The van der Waals surface area contributed by atoms with E-state index in [0.717, 1.165) is 31.2 Å². The topological polar surface area (TPSA) is 39.1 Å². The second-order valence-electron chi connectivity index (χ2n) is 5.15. The highest BCUT2D eigenvalue weighted by Crippen LogP contribution is 2.33. The van der Waals surface area contributed by atoms with Crippen LogP contribution in [-0.2, 0) is 0 Å². The first-order valence-electron chi connectivity index (χ1n) is 6.46. The average Bonchev–Trinajstić information content (AvgIpc) is 2.81. The molecule has 2 aliphatic heterocycles. The Morgan fingerprint density at radius 2 is 2.28 bits per heavy atom. The fraction of sp³-hybridized carbons (Fsp3) is 0.500. The van der Waals surface area contributed by atoms with Gasteiger partial charge in [0.25, 0.3) is 0 Å². The third kappa shape index (κ3) is 2.07. The molecule has 0 aromatic heterocycles. The van der Waals surface area contributed by atoms with Crippen LogP contribution in [0.25, 0.3) is 0 Å². The Labute approximate surface area is 112 Å². The zero-order valence-electron chi connectivity index (χ0n) is 10.2. The van der Waals surface area contributed by atoms with Gasteiger partial charge in [0.2, 0.25) is 0 Å². The van der Waals surface area contributed by atoms with Crippen LogP contribution in [0.3, 0.4) is 0 Å². The highest BCUT2D eigenvalue weighted by Gasteiger charge is 2.34. The van der Waals surface area contributed by atoms with Crippen LogP contribution in [0.15, 0.2) is 18.2 Å². The van der Waals surface area contributed by atoms with Crippen molar-refractivity contribution in [3.05, 3.63) is 28.8 Å². The van der Waals surface area contributed by atoms with Gasteiger partial charge < -0.3 is 10.2 Å². The molecule has 94 valence electrons. The Morgan fingerprint density at radius 3 is 3.00 bits per heavy atom.